The van der Waals surface area contributed by atoms with Gasteiger partial charge in [0.05, 0.1) is 38.3 Å². The zero-order valence-corrected chi connectivity index (χ0v) is 19.3. The van der Waals surface area contributed by atoms with Crippen LogP contribution in [0.4, 0.5) is 0 Å². The van der Waals surface area contributed by atoms with Crippen LogP contribution in [-0.2, 0) is 4.74 Å². The quantitative estimate of drug-likeness (QED) is 0.255. The molecule has 0 radical (unpaired) electrons. The smallest absolute Gasteiger partial charge is 0.338 e. The van der Waals surface area contributed by atoms with Gasteiger partial charge >= 0.3 is 5.97 Å². The molecule has 0 spiro atoms. The lowest BCUT2D eigenvalue weighted by Gasteiger charge is -2.39. The van der Waals surface area contributed by atoms with Gasteiger partial charge in [-0.2, -0.15) is 0 Å². The summed E-state index contributed by atoms with van der Waals surface area (Å²) in [7, 11) is 0. The van der Waals surface area contributed by atoms with E-state index in [1.165, 1.54) is 82.0 Å². The van der Waals surface area contributed by atoms with E-state index in [0.717, 1.165) is 0 Å². The summed E-state index contributed by atoms with van der Waals surface area (Å²) >= 11 is 0. The molecule has 0 unspecified atom stereocenters. The van der Waals surface area contributed by atoms with Crippen molar-refractivity contribution in [3.8, 4) is 0 Å². The molecule has 0 saturated heterocycles. The molecule has 1 aromatic rings. The molecule has 0 heterocycles. The minimum absolute atomic E-state index is 0.256. The molecular weight excluding hydrogens is 346 g/mol. The maximum Gasteiger partial charge on any atom is 0.338 e. The molecule has 0 fully saturated rings. The minimum Gasteiger partial charge on any atom is -0.462 e. The predicted molar refractivity (Wildman–Crippen MR) is 122 cm³/mol. The fraction of sp³-hybridized carbons (Fsp3) is 0.720. The van der Waals surface area contributed by atoms with Gasteiger partial charge in [-0.3, -0.25) is 0 Å². The summed E-state index contributed by atoms with van der Waals surface area (Å²) in [4.78, 5) is 11.0. The van der Waals surface area contributed by atoms with E-state index in [1.54, 1.807) is 19.1 Å². The number of hydrogen-bond donors (Lipinski definition) is 0. The van der Waals surface area contributed by atoms with Gasteiger partial charge in [0.2, 0.25) is 0 Å². The van der Waals surface area contributed by atoms with Crippen molar-refractivity contribution in [1.29, 1.82) is 0 Å². The highest BCUT2D eigenvalue weighted by atomic mass is 16.5. The Morgan fingerprint density at radius 1 is 0.714 bits per heavy atom. The van der Waals surface area contributed by atoms with Crippen molar-refractivity contribution in [2.45, 2.75) is 86.0 Å². The Morgan fingerprint density at radius 3 is 1.43 bits per heavy atom. The van der Waals surface area contributed by atoms with E-state index in [9.17, 15) is 4.79 Å². The van der Waals surface area contributed by atoms with Crippen molar-refractivity contribution in [3.63, 3.8) is 0 Å². The molecular formula is C25H46NO2+. The van der Waals surface area contributed by atoms with Gasteiger partial charge in [0.15, 0.2) is 0 Å². The Kier molecular flexibility index (Phi) is 16.9. The molecule has 1 rings (SSSR count). The molecule has 0 atom stereocenters. The van der Waals surface area contributed by atoms with Gasteiger partial charge in [-0.15, -0.1) is 0 Å². The number of nitrogens with zero attached hydrogens (tertiary/aromatic N) is 1. The van der Waals surface area contributed by atoms with Crippen LogP contribution in [0.15, 0.2) is 30.3 Å². The third kappa shape index (κ3) is 12.2. The molecule has 28 heavy (non-hydrogen) atoms. The van der Waals surface area contributed by atoms with Gasteiger partial charge in [-0.1, -0.05) is 71.6 Å². The van der Waals surface area contributed by atoms with Crippen LogP contribution in [0.2, 0.25) is 0 Å². The van der Waals surface area contributed by atoms with Crippen LogP contribution in [0.1, 0.15) is 96.3 Å². The fourth-order valence-electron chi connectivity index (χ4n) is 3.43. The first-order valence-electron chi connectivity index (χ1n) is 11.7. The van der Waals surface area contributed by atoms with Crippen LogP contribution in [-0.4, -0.2) is 43.2 Å². The van der Waals surface area contributed by atoms with Gasteiger partial charge in [-0.05, 0) is 44.7 Å². The number of quaternary nitrogens is 1. The maximum absolute atomic E-state index is 11.0. The van der Waals surface area contributed by atoms with Gasteiger partial charge in [0, 0.05) is 0 Å². The van der Waals surface area contributed by atoms with Crippen LogP contribution >= 0.6 is 0 Å². The second kappa shape index (κ2) is 17.7. The average Bonchev–Trinajstić information content (AvgIpc) is 2.74. The summed E-state index contributed by atoms with van der Waals surface area (Å²) in [5.41, 5.74) is 0.606. The first-order chi connectivity index (χ1) is 13.6. The van der Waals surface area contributed by atoms with E-state index < -0.39 is 0 Å². The number of hydrogen-bond acceptors (Lipinski definition) is 2. The zero-order chi connectivity index (χ0) is 21.1. The summed E-state index contributed by atoms with van der Waals surface area (Å²) in [6, 6.07) is 8.96. The van der Waals surface area contributed by atoms with Crippen molar-refractivity contribution in [1.82, 2.24) is 0 Å². The molecule has 0 aliphatic carbocycles. The largest absolute Gasteiger partial charge is 0.462 e. The molecule has 3 heteroatoms. The van der Waals surface area contributed by atoms with Crippen LogP contribution in [0.3, 0.4) is 0 Å². The third-order valence-electron chi connectivity index (χ3n) is 5.23. The van der Waals surface area contributed by atoms with E-state index >= 15 is 0 Å². The Hall–Kier alpha value is -1.35. The molecule has 0 bridgehead atoms. The van der Waals surface area contributed by atoms with E-state index in [2.05, 4.69) is 27.7 Å². The Labute approximate surface area is 175 Å². The maximum atomic E-state index is 11.0. The molecule has 0 aliphatic rings. The number of rotatable bonds is 14. The molecule has 0 amide bonds. The summed E-state index contributed by atoms with van der Waals surface area (Å²) in [5, 5.41) is 0. The molecule has 162 valence electrons. The number of benzene rings is 1. The van der Waals surface area contributed by atoms with Crippen molar-refractivity contribution in [3.05, 3.63) is 35.9 Å². The Balaban J connectivity index is 0.000000567. The highest BCUT2D eigenvalue weighted by Gasteiger charge is 2.24. The molecule has 1 aromatic carbocycles. The van der Waals surface area contributed by atoms with Crippen molar-refractivity contribution in [2.75, 3.05) is 32.8 Å². The van der Waals surface area contributed by atoms with Crippen molar-refractivity contribution < 1.29 is 14.0 Å². The molecule has 0 saturated carbocycles. The van der Waals surface area contributed by atoms with E-state index in [4.69, 9.17) is 4.74 Å². The van der Waals surface area contributed by atoms with Gasteiger partial charge in [-0.25, -0.2) is 4.79 Å². The number of unbranched alkanes of at least 4 members (excludes halogenated alkanes) is 4. The summed E-state index contributed by atoms with van der Waals surface area (Å²) in [6.45, 7) is 17.2. The van der Waals surface area contributed by atoms with Crippen molar-refractivity contribution in [2.24, 2.45) is 0 Å². The number of esters is 1. The second-order valence-electron chi connectivity index (χ2n) is 7.74. The summed E-state index contributed by atoms with van der Waals surface area (Å²) in [5.74, 6) is -0.256. The molecule has 0 aliphatic heterocycles. The zero-order valence-electron chi connectivity index (χ0n) is 19.3. The number of carbonyl (C=O) groups is 1. The van der Waals surface area contributed by atoms with E-state index in [0.29, 0.717) is 12.2 Å². The monoisotopic (exact) mass is 392 g/mol. The SMILES string of the molecule is CCCC[N+](CCCC)(CCCC)CCCC.CCOC(=O)c1ccccc1. The molecule has 0 aromatic heterocycles. The minimum atomic E-state index is -0.256. The molecule has 0 N–H and O–H groups in total. The lowest BCUT2D eigenvalue weighted by atomic mass is 10.1. The second-order valence-corrected chi connectivity index (χ2v) is 7.74. The summed E-state index contributed by atoms with van der Waals surface area (Å²) in [6.07, 6.45) is 11.1. The summed E-state index contributed by atoms with van der Waals surface area (Å²) < 4.78 is 6.21. The average molecular weight is 393 g/mol. The normalized spacial score (nSPS) is 10.9. The van der Waals surface area contributed by atoms with Crippen molar-refractivity contribution >= 4 is 5.97 Å². The Bertz CT molecular complexity index is 435. The lowest BCUT2D eigenvalue weighted by Crippen LogP contribution is -2.50. The predicted octanol–water partition coefficient (Wildman–Crippen LogP) is 6.87. The topological polar surface area (TPSA) is 26.3 Å². The molecule has 3 nitrogen and oxygen atoms in total. The van der Waals surface area contributed by atoms with Crippen LogP contribution in [0.5, 0.6) is 0 Å². The highest BCUT2D eigenvalue weighted by molar-refractivity contribution is 5.89. The number of carbonyl (C=O) groups excluding carboxylic acids is 1. The van der Waals surface area contributed by atoms with E-state index in [-0.39, 0.29) is 5.97 Å². The van der Waals surface area contributed by atoms with Gasteiger partial charge in [0.25, 0.3) is 0 Å². The van der Waals surface area contributed by atoms with Gasteiger partial charge in [0.1, 0.15) is 0 Å². The fourth-order valence-corrected chi connectivity index (χ4v) is 3.43. The van der Waals surface area contributed by atoms with Gasteiger partial charge < -0.3 is 9.22 Å². The highest BCUT2D eigenvalue weighted by Crippen LogP contribution is 2.16. The third-order valence-corrected chi connectivity index (χ3v) is 5.23. The number of ether oxygens (including phenoxy) is 1. The first-order valence-corrected chi connectivity index (χ1v) is 11.7. The van der Waals surface area contributed by atoms with Crippen LogP contribution < -0.4 is 0 Å². The van der Waals surface area contributed by atoms with E-state index in [1.807, 2.05) is 18.2 Å². The Morgan fingerprint density at radius 2 is 1.11 bits per heavy atom. The standard InChI is InChI=1S/C16H36N.C9H10O2/c1-5-9-13-17(14-10-6-2,15-11-7-3)16-12-8-4;1-2-11-9(10)8-6-4-3-5-7-8/h5-16H2,1-4H3;3-7H,2H2,1H3/q+1;. The lowest BCUT2D eigenvalue weighted by molar-refractivity contribution is -0.929. The first kappa shape index (κ1) is 26.6. The van der Waals surface area contributed by atoms with Crippen LogP contribution in [0.25, 0.3) is 0 Å². The van der Waals surface area contributed by atoms with Crippen LogP contribution in [0, 0.1) is 0 Å².